The van der Waals surface area contributed by atoms with E-state index in [-0.39, 0.29) is 12.0 Å². The third kappa shape index (κ3) is 2.58. The Hall–Kier alpha value is -1.97. The number of hydrogen-bond donors (Lipinski definition) is 1. The smallest absolute Gasteiger partial charge is 0.378 e. The van der Waals surface area contributed by atoms with Gasteiger partial charge in [-0.3, -0.25) is 0 Å². The number of benzene rings is 2. The molecular formula is C20H20F3N. The molecule has 1 N–H and O–H groups in total. The van der Waals surface area contributed by atoms with Gasteiger partial charge in [0.05, 0.1) is 11.6 Å². The average molecular weight is 331 g/mol. The van der Waals surface area contributed by atoms with Crippen molar-refractivity contribution in [3.05, 3.63) is 65.2 Å². The first-order chi connectivity index (χ1) is 11.4. The van der Waals surface area contributed by atoms with Crippen molar-refractivity contribution in [3.63, 3.8) is 0 Å². The molecule has 0 amide bonds. The second-order valence-electron chi connectivity index (χ2n) is 7.18. The lowest BCUT2D eigenvalue weighted by Crippen LogP contribution is -2.29. The molecule has 1 nitrogen and oxygen atoms in total. The molecule has 1 fully saturated rings. The lowest BCUT2D eigenvalue weighted by molar-refractivity contribution is -0.137. The average Bonchev–Trinajstić information content (AvgIpc) is 2.95. The van der Waals surface area contributed by atoms with Crippen LogP contribution in [0.5, 0.6) is 0 Å². The molecule has 0 unspecified atom stereocenters. The monoisotopic (exact) mass is 331 g/mol. The SMILES string of the molecule is C[C@@H]1C[C@@H]2[C@H](C1)c1cc(C(F)(F)F)ccc1N[C@H]2c1ccccc1. The zero-order chi connectivity index (χ0) is 16.9. The summed E-state index contributed by atoms with van der Waals surface area (Å²) in [6.07, 6.45) is -2.28. The van der Waals surface area contributed by atoms with E-state index in [9.17, 15) is 13.2 Å². The molecule has 0 aromatic heterocycles. The standard InChI is InChI=1S/C20H20F3N/c1-12-9-15-16-11-14(20(21,22)23)7-8-18(16)24-19(17(15)10-12)13-5-3-2-4-6-13/h2-8,11-12,15,17,19,24H,9-10H2,1H3/t12-,15+,17+,19-/m0/s1. The van der Waals surface area contributed by atoms with Crippen LogP contribution >= 0.6 is 0 Å². The first-order valence-electron chi connectivity index (χ1n) is 8.46. The molecule has 1 aliphatic carbocycles. The van der Waals surface area contributed by atoms with Crippen LogP contribution in [0.3, 0.4) is 0 Å². The molecule has 4 atom stereocenters. The highest BCUT2D eigenvalue weighted by Gasteiger charge is 2.43. The highest BCUT2D eigenvalue weighted by atomic mass is 19.4. The molecule has 4 heteroatoms. The molecular weight excluding hydrogens is 311 g/mol. The molecule has 0 spiro atoms. The Balaban J connectivity index is 1.78. The largest absolute Gasteiger partial charge is 0.416 e. The van der Waals surface area contributed by atoms with E-state index in [1.165, 1.54) is 17.7 Å². The third-order valence-electron chi connectivity index (χ3n) is 5.52. The van der Waals surface area contributed by atoms with Gasteiger partial charge >= 0.3 is 6.18 Å². The summed E-state index contributed by atoms with van der Waals surface area (Å²) in [6, 6.07) is 14.6. The van der Waals surface area contributed by atoms with E-state index in [4.69, 9.17) is 0 Å². The van der Waals surface area contributed by atoms with E-state index in [1.54, 1.807) is 6.07 Å². The summed E-state index contributed by atoms with van der Waals surface area (Å²) in [5.41, 5.74) is 2.37. The number of nitrogens with one attached hydrogen (secondary N) is 1. The summed E-state index contributed by atoms with van der Waals surface area (Å²) in [4.78, 5) is 0. The second kappa shape index (κ2) is 5.54. The topological polar surface area (TPSA) is 12.0 Å². The number of anilines is 1. The number of hydrogen-bond acceptors (Lipinski definition) is 1. The van der Waals surface area contributed by atoms with Crippen LogP contribution < -0.4 is 5.32 Å². The maximum atomic E-state index is 13.1. The van der Waals surface area contributed by atoms with Crippen molar-refractivity contribution in [3.8, 4) is 0 Å². The van der Waals surface area contributed by atoms with Crippen LogP contribution in [0.1, 0.15) is 48.4 Å². The summed E-state index contributed by atoms with van der Waals surface area (Å²) in [5, 5.41) is 3.52. The van der Waals surface area contributed by atoms with Crippen LogP contribution in [0.4, 0.5) is 18.9 Å². The Morgan fingerprint density at radius 1 is 1.00 bits per heavy atom. The first-order valence-corrected chi connectivity index (χ1v) is 8.46. The Labute approximate surface area is 139 Å². The Kier molecular flexibility index (Phi) is 3.59. The van der Waals surface area contributed by atoms with Crippen LogP contribution in [0.15, 0.2) is 48.5 Å². The molecule has 0 bridgehead atoms. The van der Waals surface area contributed by atoms with Gasteiger partial charge in [-0.15, -0.1) is 0 Å². The van der Waals surface area contributed by atoms with Gasteiger partial charge < -0.3 is 5.32 Å². The van der Waals surface area contributed by atoms with Crippen LogP contribution in [0.2, 0.25) is 0 Å². The minimum atomic E-state index is -4.29. The number of halogens is 3. The van der Waals surface area contributed by atoms with Crippen molar-refractivity contribution in [1.29, 1.82) is 0 Å². The van der Waals surface area contributed by atoms with Crippen molar-refractivity contribution >= 4 is 5.69 Å². The Morgan fingerprint density at radius 2 is 1.75 bits per heavy atom. The van der Waals surface area contributed by atoms with Crippen LogP contribution in [-0.2, 0) is 6.18 Å². The van der Waals surface area contributed by atoms with Gasteiger partial charge in [-0.1, -0.05) is 37.3 Å². The summed E-state index contributed by atoms with van der Waals surface area (Å²) in [5.74, 6) is 1.08. The van der Waals surface area contributed by atoms with Crippen LogP contribution in [0.25, 0.3) is 0 Å². The third-order valence-corrected chi connectivity index (χ3v) is 5.52. The summed E-state index contributed by atoms with van der Waals surface area (Å²) in [6.45, 7) is 2.20. The molecule has 0 radical (unpaired) electrons. The fraction of sp³-hybridized carbons (Fsp3) is 0.400. The van der Waals surface area contributed by atoms with Crippen molar-refractivity contribution in [2.24, 2.45) is 11.8 Å². The molecule has 2 aliphatic rings. The van der Waals surface area contributed by atoms with Crippen molar-refractivity contribution < 1.29 is 13.2 Å². The molecule has 126 valence electrons. The van der Waals surface area contributed by atoms with Gasteiger partial charge in [0.25, 0.3) is 0 Å². The fourth-order valence-electron chi connectivity index (χ4n) is 4.50. The summed E-state index contributed by atoms with van der Waals surface area (Å²) < 4.78 is 39.3. The molecule has 1 heterocycles. The lowest BCUT2D eigenvalue weighted by Gasteiger charge is -2.38. The quantitative estimate of drug-likeness (QED) is 0.675. The highest BCUT2D eigenvalue weighted by molar-refractivity contribution is 5.59. The van der Waals surface area contributed by atoms with Gasteiger partial charge in [-0.25, -0.2) is 0 Å². The van der Waals surface area contributed by atoms with Gasteiger partial charge in [0.15, 0.2) is 0 Å². The highest BCUT2D eigenvalue weighted by Crippen LogP contribution is 2.55. The van der Waals surface area contributed by atoms with E-state index in [2.05, 4.69) is 24.4 Å². The minimum Gasteiger partial charge on any atom is -0.378 e. The van der Waals surface area contributed by atoms with Crippen LogP contribution in [-0.4, -0.2) is 0 Å². The summed E-state index contributed by atoms with van der Waals surface area (Å²) in [7, 11) is 0. The Bertz CT molecular complexity index is 738. The maximum Gasteiger partial charge on any atom is 0.416 e. The summed E-state index contributed by atoms with van der Waals surface area (Å²) >= 11 is 0. The van der Waals surface area contributed by atoms with Gasteiger partial charge in [-0.05, 0) is 59.9 Å². The van der Waals surface area contributed by atoms with E-state index in [1.807, 2.05) is 18.2 Å². The van der Waals surface area contributed by atoms with Crippen molar-refractivity contribution in [2.75, 3.05) is 5.32 Å². The predicted molar refractivity (Wildman–Crippen MR) is 88.9 cm³/mol. The van der Waals surface area contributed by atoms with Crippen molar-refractivity contribution in [1.82, 2.24) is 0 Å². The van der Waals surface area contributed by atoms with Gasteiger partial charge in [0.2, 0.25) is 0 Å². The van der Waals surface area contributed by atoms with Gasteiger partial charge in [0.1, 0.15) is 0 Å². The zero-order valence-electron chi connectivity index (χ0n) is 13.5. The lowest BCUT2D eigenvalue weighted by atomic mass is 9.77. The predicted octanol–water partition coefficient (Wildman–Crippen LogP) is 6.00. The zero-order valence-corrected chi connectivity index (χ0v) is 13.5. The molecule has 4 rings (SSSR count). The molecule has 1 saturated carbocycles. The molecule has 2 aromatic rings. The normalized spacial score (nSPS) is 28.8. The Morgan fingerprint density at radius 3 is 2.46 bits per heavy atom. The molecule has 24 heavy (non-hydrogen) atoms. The fourth-order valence-corrected chi connectivity index (χ4v) is 4.50. The molecule has 2 aromatic carbocycles. The first kappa shape index (κ1) is 15.6. The number of alkyl halides is 3. The van der Waals surface area contributed by atoms with Gasteiger partial charge in [0, 0.05) is 5.69 Å². The van der Waals surface area contributed by atoms with E-state index < -0.39 is 11.7 Å². The van der Waals surface area contributed by atoms with Crippen LogP contribution in [0, 0.1) is 11.8 Å². The number of fused-ring (bicyclic) bond motifs is 3. The molecule has 1 aliphatic heterocycles. The maximum absolute atomic E-state index is 13.1. The van der Waals surface area contributed by atoms with E-state index in [0.29, 0.717) is 11.8 Å². The second-order valence-corrected chi connectivity index (χ2v) is 7.18. The van der Waals surface area contributed by atoms with E-state index >= 15 is 0 Å². The van der Waals surface area contributed by atoms with Crippen molar-refractivity contribution in [2.45, 2.75) is 37.9 Å². The molecule has 0 saturated heterocycles. The van der Waals surface area contributed by atoms with E-state index in [0.717, 1.165) is 24.1 Å². The number of rotatable bonds is 1. The minimum absolute atomic E-state index is 0.172. The van der Waals surface area contributed by atoms with Gasteiger partial charge in [-0.2, -0.15) is 13.2 Å².